The molecule has 2 nitrogen and oxygen atoms in total. The van der Waals surface area contributed by atoms with Gasteiger partial charge in [0.15, 0.2) is 0 Å². The summed E-state index contributed by atoms with van der Waals surface area (Å²) in [5, 5.41) is 3.69. The molecule has 0 aliphatic carbocycles. The van der Waals surface area contributed by atoms with E-state index in [4.69, 9.17) is 0 Å². The molecule has 20 heavy (non-hydrogen) atoms. The Hall–Kier alpha value is -0.860. The van der Waals surface area contributed by atoms with Crippen molar-refractivity contribution in [3.8, 4) is 0 Å². The molecule has 1 aliphatic heterocycles. The summed E-state index contributed by atoms with van der Waals surface area (Å²) >= 11 is 0. The van der Waals surface area contributed by atoms with Crippen molar-refractivity contribution < 1.29 is 0 Å². The summed E-state index contributed by atoms with van der Waals surface area (Å²) in [6.45, 7) is 10.3. The van der Waals surface area contributed by atoms with E-state index in [0.717, 1.165) is 13.1 Å². The van der Waals surface area contributed by atoms with Crippen molar-refractivity contribution in [3.05, 3.63) is 35.4 Å². The molecule has 2 unspecified atom stereocenters. The van der Waals surface area contributed by atoms with Gasteiger partial charge in [-0.15, -0.1) is 0 Å². The first kappa shape index (κ1) is 15.5. The topological polar surface area (TPSA) is 15.3 Å². The maximum Gasteiger partial charge on any atom is 0.0250 e. The highest BCUT2D eigenvalue weighted by Crippen LogP contribution is 2.22. The summed E-state index contributed by atoms with van der Waals surface area (Å²) in [6.07, 6.45) is 5.29. The van der Waals surface area contributed by atoms with Crippen LogP contribution in [-0.2, 0) is 6.54 Å². The van der Waals surface area contributed by atoms with Gasteiger partial charge in [-0.3, -0.25) is 4.90 Å². The van der Waals surface area contributed by atoms with E-state index in [1.807, 2.05) is 0 Å². The molecule has 1 aliphatic rings. The van der Waals surface area contributed by atoms with Crippen LogP contribution >= 0.6 is 0 Å². The highest BCUT2D eigenvalue weighted by molar-refractivity contribution is 5.22. The third-order valence-electron chi connectivity index (χ3n) is 4.43. The second-order valence-corrected chi connectivity index (χ2v) is 6.27. The normalized spacial score (nSPS) is 21.9. The van der Waals surface area contributed by atoms with Crippen LogP contribution in [0.15, 0.2) is 24.3 Å². The van der Waals surface area contributed by atoms with Gasteiger partial charge in [0, 0.05) is 18.6 Å². The van der Waals surface area contributed by atoms with E-state index < -0.39 is 0 Å². The highest BCUT2D eigenvalue weighted by Gasteiger charge is 2.26. The Morgan fingerprint density at radius 1 is 1.35 bits per heavy atom. The number of nitrogens with one attached hydrogen (secondary N) is 1. The van der Waals surface area contributed by atoms with Crippen molar-refractivity contribution in [2.45, 2.75) is 65.1 Å². The van der Waals surface area contributed by atoms with Crippen LogP contribution in [-0.4, -0.2) is 30.1 Å². The first-order valence-electron chi connectivity index (χ1n) is 8.23. The maximum atomic E-state index is 3.69. The van der Waals surface area contributed by atoms with Gasteiger partial charge in [0.1, 0.15) is 0 Å². The molecule has 0 radical (unpaired) electrons. The molecule has 0 aromatic heterocycles. The maximum absolute atomic E-state index is 3.69. The van der Waals surface area contributed by atoms with Crippen LogP contribution in [0.3, 0.4) is 0 Å². The summed E-state index contributed by atoms with van der Waals surface area (Å²) in [4.78, 5) is 2.69. The fraction of sp³-hybridized carbons (Fsp3) is 0.667. The van der Waals surface area contributed by atoms with Crippen LogP contribution in [0.4, 0.5) is 0 Å². The summed E-state index contributed by atoms with van der Waals surface area (Å²) in [5.74, 6) is 0. The van der Waals surface area contributed by atoms with Crippen LogP contribution in [0.2, 0.25) is 0 Å². The standard InChI is InChI=1S/C18H30N2/c1-4-11-19-16(3)18-10-5-6-12-20(18)14-17-9-7-8-15(2)13-17/h7-9,13,16,18-19H,4-6,10-12,14H2,1-3H3. The zero-order chi connectivity index (χ0) is 14.4. The minimum Gasteiger partial charge on any atom is -0.313 e. The Morgan fingerprint density at radius 2 is 2.20 bits per heavy atom. The second kappa shape index (κ2) is 7.80. The van der Waals surface area contributed by atoms with Crippen LogP contribution in [0.25, 0.3) is 0 Å². The fourth-order valence-corrected chi connectivity index (χ4v) is 3.33. The number of piperidine rings is 1. The first-order valence-corrected chi connectivity index (χ1v) is 8.23. The fourth-order valence-electron chi connectivity index (χ4n) is 3.33. The molecular weight excluding hydrogens is 244 g/mol. The summed E-state index contributed by atoms with van der Waals surface area (Å²) < 4.78 is 0. The van der Waals surface area contributed by atoms with Crippen molar-refractivity contribution in [3.63, 3.8) is 0 Å². The van der Waals surface area contributed by atoms with E-state index in [-0.39, 0.29) is 0 Å². The van der Waals surface area contributed by atoms with Crippen LogP contribution in [0.5, 0.6) is 0 Å². The third kappa shape index (κ3) is 4.32. The molecule has 2 rings (SSSR count). The summed E-state index contributed by atoms with van der Waals surface area (Å²) in [7, 11) is 0. The molecule has 0 bridgehead atoms. The van der Waals surface area contributed by atoms with E-state index in [0.29, 0.717) is 12.1 Å². The Bertz CT molecular complexity index is 402. The molecule has 112 valence electrons. The number of hydrogen-bond donors (Lipinski definition) is 1. The number of likely N-dealkylation sites (tertiary alicyclic amines) is 1. The first-order chi connectivity index (χ1) is 9.70. The average Bonchev–Trinajstić information content (AvgIpc) is 2.45. The van der Waals surface area contributed by atoms with Gasteiger partial charge >= 0.3 is 0 Å². The molecule has 2 atom stereocenters. The van der Waals surface area contributed by atoms with Crippen molar-refractivity contribution in [1.82, 2.24) is 10.2 Å². The molecule has 0 saturated carbocycles. The zero-order valence-corrected chi connectivity index (χ0v) is 13.4. The second-order valence-electron chi connectivity index (χ2n) is 6.27. The lowest BCUT2D eigenvalue weighted by molar-refractivity contribution is 0.112. The Labute approximate surface area is 124 Å². The lowest BCUT2D eigenvalue weighted by Crippen LogP contribution is -2.50. The van der Waals surface area contributed by atoms with Crippen molar-refractivity contribution in [2.24, 2.45) is 0 Å². The van der Waals surface area contributed by atoms with E-state index >= 15 is 0 Å². The van der Waals surface area contributed by atoms with E-state index in [2.05, 4.69) is 55.3 Å². The monoisotopic (exact) mass is 274 g/mol. The van der Waals surface area contributed by atoms with Gasteiger partial charge in [-0.05, 0) is 51.8 Å². The molecule has 1 saturated heterocycles. The molecule has 1 fully saturated rings. The Morgan fingerprint density at radius 3 is 2.95 bits per heavy atom. The van der Waals surface area contributed by atoms with Gasteiger partial charge in [-0.1, -0.05) is 43.2 Å². The molecule has 0 amide bonds. The molecule has 0 spiro atoms. The van der Waals surface area contributed by atoms with Gasteiger partial charge in [0.05, 0.1) is 0 Å². The van der Waals surface area contributed by atoms with Gasteiger partial charge < -0.3 is 5.32 Å². The van der Waals surface area contributed by atoms with E-state index in [9.17, 15) is 0 Å². The lowest BCUT2D eigenvalue weighted by Gasteiger charge is -2.39. The zero-order valence-electron chi connectivity index (χ0n) is 13.4. The minimum atomic E-state index is 0.597. The lowest BCUT2D eigenvalue weighted by atomic mass is 9.95. The third-order valence-corrected chi connectivity index (χ3v) is 4.43. The van der Waals surface area contributed by atoms with Crippen molar-refractivity contribution in [1.29, 1.82) is 0 Å². The number of aryl methyl sites for hydroxylation is 1. The van der Waals surface area contributed by atoms with E-state index in [1.54, 1.807) is 0 Å². The number of benzene rings is 1. The van der Waals surface area contributed by atoms with Crippen LogP contribution < -0.4 is 5.32 Å². The van der Waals surface area contributed by atoms with Crippen LogP contribution in [0, 0.1) is 6.92 Å². The van der Waals surface area contributed by atoms with Gasteiger partial charge in [-0.25, -0.2) is 0 Å². The van der Waals surface area contributed by atoms with Crippen molar-refractivity contribution >= 4 is 0 Å². The molecular formula is C18H30N2. The number of rotatable bonds is 6. The summed E-state index contributed by atoms with van der Waals surface area (Å²) in [6, 6.07) is 10.2. The molecule has 1 N–H and O–H groups in total. The van der Waals surface area contributed by atoms with Gasteiger partial charge in [0.25, 0.3) is 0 Å². The highest BCUT2D eigenvalue weighted by atomic mass is 15.2. The SMILES string of the molecule is CCCNC(C)C1CCCCN1Cc1cccc(C)c1. The van der Waals surface area contributed by atoms with Crippen molar-refractivity contribution in [2.75, 3.05) is 13.1 Å². The number of hydrogen-bond acceptors (Lipinski definition) is 2. The van der Waals surface area contributed by atoms with Gasteiger partial charge in [-0.2, -0.15) is 0 Å². The quantitative estimate of drug-likeness (QED) is 0.850. The molecule has 1 aromatic rings. The smallest absolute Gasteiger partial charge is 0.0250 e. The predicted octanol–water partition coefficient (Wildman–Crippen LogP) is 3.74. The predicted molar refractivity (Wildman–Crippen MR) is 87.0 cm³/mol. The Balaban J connectivity index is 1.99. The van der Waals surface area contributed by atoms with Crippen LogP contribution in [0.1, 0.15) is 50.7 Å². The largest absolute Gasteiger partial charge is 0.313 e. The van der Waals surface area contributed by atoms with E-state index in [1.165, 1.54) is 43.4 Å². The molecule has 1 heterocycles. The molecule has 1 aromatic carbocycles. The molecule has 2 heteroatoms. The van der Waals surface area contributed by atoms with Gasteiger partial charge in [0.2, 0.25) is 0 Å². The Kier molecular flexibility index (Phi) is 6.06. The summed E-state index contributed by atoms with van der Waals surface area (Å²) in [5.41, 5.74) is 2.83. The number of nitrogens with zero attached hydrogens (tertiary/aromatic N) is 1. The minimum absolute atomic E-state index is 0.597. The average molecular weight is 274 g/mol.